The fourth-order valence-electron chi connectivity index (χ4n) is 2.51. The number of hydrogen-bond acceptors (Lipinski definition) is 3. The third-order valence-electron chi connectivity index (χ3n) is 3.58. The molecule has 0 bridgehead atoms. The lowest BCUT2D eigenvalue weighted by Gasteiger charge is -2.32. The van der Waals surface area contributed by atoms with Crippen LogP contribution in [0.5, 0.6) is 0 Å². The molecule has 1 heterocycles. The fourth-order valence-corrected chi connectivity index (χ4v) is 2.51. The van der Waals surface area contributed by atoms with Crippen LogP contribution in [0.15, 0.2) is 18.2 Å². The van der Waals surface area contributed by atoms with Gasteiger partial charge in [-0.25, -0.2) is 4.39 Å². The van der Waals surface area contributed by atoms with Gasteiger partial charge in [0.1, 0.15) is 12.4 Å². The van der Waals surface area contributed by atoms with Gasteiger partial charge in [-0.2, -0.15) is 0 Å². The van der Waals surface area contributed by atoms with Crippen LogP contribution in [0.2, 0.25) is 0 Å². The van der Waals surface area contributed by atoms with Gasteiger partial charge in [0.2, 0.25) is 0 Å². The Morgan fingerprint density at radius 1 is 1.43 bits per heavy atom. The van der Waals surface area contributed by atoms with Crippen LogP contribution in [0.3, 0.4) is 0 Å². The molecular formula is C16H18FNO3. The minimum atomic E-state index is -0.497. The Hall–Kier alpha value is -1.90. The third kappa shape index (κ3) is 3.81. The van der Waals surface area contributed by atoms with Crippen molar-refractivity contribution in [1.29, 1.82) is 0 Å². The molecule has 112 valence electrons. The first-order valence-corrected chi connectivity index (χ1v) is 6.95. The van der Waals surface area contributed by atoms with Gasteiger partial charge in [-0.3, -0.25) is 4.79 Å². The van der Waals surface area contributed by atoms with E-state index in [4.69, 9.17) is 5.11 Å². The van der Waals surface area contributed by atoms with Gasteiger partial charge in [-0.1, -0.05) is 11.8 Å². The third-order valence-corrected chi connectivity index (χ3v) is 3.58. The number of rotatable bonds is 2. The standard InChI is InChI=1S/C16H18FNO3/c17-14-6-5-13(4-2-8-19)15(9-14)16(21)18-7-1-3-12(10-18)11-20/h5-6,9,12,19-20H,1,3,7-8,10-11H2. The molecule has 1 saturated heterocycles. The zero-order valence-electron chi connectivity index (χ0n) is 11.7. The Kier molecular flexibility index (Phi) is 5.32. The fraction of sp³-hybridized carbons (Fsp3) is 0.438. The predicted octanol–water partition coefficient (Wildman–Crippen LogP) is 1.01. The van der Waals surface area contributed by atoms with E-state index in [0.29, 0.717) is 18.7 Å². The summed E-state index contributed by atoms with van der Waals surface area (Å²) in [4.78, 5) is 14.2. The van der Waals surface area contributed by atoms with E-state index in [2.05, 4.69) is 11.8 Å². The average Bonchev–Trinajstić information content (AvgIpc) is 2.53. The molecule has 0 radical (unpaired) electrons. The van der Waals surface area contributed by atoms with Crippen molar-refractivity contribution in [3.63, 3.8) is 0 Å². The Bertz CT molecular complexity index is 577. The van der Waals surface area contributed by atoms with Crippen LogP contribution < -0.4 is 0 Å². The molecule has 1 unspecified atom stereocenters. The first-order valence-electron chi connectivity index (χ1n) is 6.95. The molecule has 0 spiro atoms. The Balaban J connectivity index is 2.27. The number of benzene rings is 1. The molecule has 0 saturated carbocycles. The first kappa shape index (κ1) is 15.5. The highest BCUT2D eigenvalue weighted by Crippen LogP contribution is 2.20. The van der Waals surface area contributed by atoms with Gasteiger partial charge in [0.25, 0.3) is 5.91 Å². The molecule has 1 aromatic carbocycles. The summed E-state index contributed by atoms with van der Waals surface area (Å²) < 4.78 is 13.4. The zero-order valence-corrected chi connectivity index (χ0v) is 11.7. The molecule has 2 rings (SSSR count). The Morgan fingerprint density at radius 3 is 2.95 bits per heavy atom. The lowest BCUT2D eigenvalue weighted by Crippen LogP contribution is -2.41. The van der Waals surface area contributed by atoms with Gasteiger partial charge in [0.05, 0.1) is 5.56 Å². The number of carbonyl (C=O) groups excluding carboxylic acids is 1. The lowest BCUT2D eigenvalue weighted by atomic mass is 9.97. The van der Waals surface area contributed by atoms with Crippen LogP contribution in [0.25, 0.3) is 0 Å². The summed E-state index contributed by atoms with van der Waals surface area (Å²) in [5.74, 6) is 4.44. The molecule has 1 aliphatic heterocycles. The number of carbonyl (C=O) groups is 1. The molecule has 5 heteroatoms. The van der Waals surface area contributed by atoms with E-state index in [1.54, 1.807) is 4.90 Å². The van der Waals surface area contributed by atoms with Crippen molar-refractivity contribution in [2.24, 2.45) is 5.92 Å². The molecule has 4 nitrogen and oxygen atoms in total. The van der Waals surface area contributed by atoms with Crippen LogP contribution >= 0.6 is 0 Å². The maximum absolute atomic E-state index is 13.4. The highest BCUT2D eigenvalue weighted by Gasteiger charge is 2.25. The molecule has 1 atom stereocenters. The van der Waals surface area contributed by atoms with Crippen molar-refractivity contribution >= 4 is 5.91 Å². The van der Waals surface area contributed by atoms with E-state index in [1.165, 1.54) is 18.2 Å². The second kappa shape index (κ2) is 7.21. The Morgan fingerprint density at radius 2 is 2.24 bits per heavy atom. The van der Waals surface area contributed by atoms with Crippen LogP contribution in [0.1, 0.15) is 28.8 Å². The Labute approximate surface area is 123 Å². The number of aliphatic hydroxyl groups is 2. The van der Waals surface area contributed by atoms with Crippen LogP contribution in [-0.2, 0) is 0 Å². The topological polar surface area (TPSA) is 60.8 Å². The average molecular weight is 291 g/mol. The summed E-state index contributed by atoms with van der Waals surface area (Å²) in [6, 6.07) is 3.86. The van der Waals surface area contributed by atoms with E-state index in [1.807, 2.05) is 0 Å². The molecular weight excluding hydrogens is 273 g/mol. The van der Waals surface area contributed by atoms with Gasteiger partial charge in [0, 0.05) is 25.3 Å². The van der Waals surface area contributed by atoms with Gasteiger partial charge in [-0.05, 0) is 37.0 Å². The number of amides is 1. The lowest BCUT2D eigenvalue weighted by molar-refractivity contribution is 0.0620. The van der Waals surface area contributed by atoms with E-state index in [0.717, 1.165) is 12.8 Å². The molecule has 1 aliphatic rings. The SMILES string of the molecule is O=C(c1cc(F)ccc1C#CCO)N1CCCC(CO)C1. The number of halogens is 1. The smallest absolute Gasteiger partial charge is 0.255 e. The van der Waals surface area contributed by atoms with Crippen molar-refractivity contribution in [1.82, 2.24) is 4.90 Å². The second-order valence-corrected chi connectivity index (χ2v) is 5.09. The van der Waals surface area contributed by atoms with Crippen molar-refractivity contribution in [2.45, 2.75) is 12.8 Å². The highest BCUT2D eigenvalue weighted by atomic mass is 19.1. The van der Waals surface area contributed by atoms with Crippen molar-refractivity contribution in [3.8, 4) is 11.8 Å². The highest BCUT2D eigenvalue weighted by molar-refractivity contribution is 5.96. The molecule has 1 aromatic rings. The van der Waals surface area contributed by atoms with Crippen LogP contribution in [0.4, 0.5) is 4.39 Å². The quantitative estimate of drug-likeness (QED) is 0.800. The number of likely N-dealkylation sites (tertiary alicyclic amines) is 1. The zero-order chi connectivity index (χ0) is 15.2. The molecule has 1 amide bonds. The van der Waals surface area contributed by atoms with E-state index in [-0.39, 0.29) is 30.6 Å². The number of hydrogen-bond donors (Lipinski definition) is 2. The summed E-state index contributed by atoms with van der Waals surface area (Å²) >= 11 is 0. The van der Waals surface area contributed by atoms with Crippen molar-refractivity contribution < 1.29 is 19.4 Å². The summed E-state index contributed by atoms with van der Waals surface area (Å²) in [6.45, 7) is 0.794. The minimum absolute atomic E-state index is 0.0457. The minimum Gasteiger partial charge on any atom is -0.396 e. The molecule has 21 heavy (non-hydrogen) atoms. The van der Waals surface area contributed by atoms with Crippen molar-refractivity contribution in [3.05, 3.63) is 35.1 Å². The summed E-state index contributed by atoms with van der Waals surface area (Å²) in [7, 11) is 0. The summed E-state index contributed by atoms with van der Waals surface area (Å²) in [5, 5.41) is 18.0. The molecule has 0 aliphatic carbocycles. The van der Waals surface area contributed by atoms with Crippen LogP contribution in [0, 0.1) is 23.6 Å². The van der Waals surface area contributed by atoms with E-state index < -0.39 is 5.82 Å². The molecule has 0 aromatic heterocycles. The van der Waals surface area contributed by atoms with Crippen molar-refractivity contribution in [2.75, 3.05) is 26.3 Å². The largest absolute Gasteiger partial charge is 0.396 e. The maximum Gasteiger partial charge on any atom is 0.255 e. The molecule has 2 N–H and O–H groups in total. The number of piperidine rings is 1. The van der Waals surface area contributed by atoms with Crippen LogP contribution in [-0.4, -0.2) is 47.3 Å². The van der Waals surface area contributed by atoms with Gasteiger partial charge in [-0.15, -0.1) is 0 Å². The van der Waals surface area contributed by atoms with Gasteiger partial charge < -0.3 is 15.1 Å². The summed E-state index contributed by atoms with van der Waals surface area (Å²) in [6.07, 6.45) is 1.71. The summed E-state index contributed by atoms with van der Waals surface area (Å²) in [5.41, 5.74) is 0.608. The predicted molar refractivity (Wildman–Crippen MR) is 76.1 cm³/mol. The van der Waals surface area contributed by atoms with Gasteiger partial charge >= 0.3 is 0 Å². The second-order valence-electron chi connectivity index (χ2n) is 5.09. The first-order chi connectivity index (χ1) is 10.2. The maximum atomic E-state index is 13.4. The number of nitrogens with zero attached hydrogens (tertiary/aromatic N) is 1. The normalized spacial score (nSPS) is 18.0. The van der Waals surface area contributed by atoms with E-state index >= 15 is 0 Å². The monoisotopic (exact) mass is 291 g/mol. The molecule has 1 fully saturated rings. The van der Waals surface area contributed by atoms with E-state index in [9.17, 15) is 14.3 Å². The van der Waals surface area contributed by atoms with Gasteiger partial charge in [0.15, 0.2) is 0 Å². The number of aliphatic hydroxyl groups excluding tert-OH is 2.